The highest BCUT2D eigenvalue weighted by Crippen LogP contribution is 2.32. The van der Waals surface area contributed by atoms with E-state index in [1.807, 2.05) is 10.7 Å². The van der Waals surface area contributed by atoms with Crippen LogP contribution in [-0.2, 0) is 0 Å². The molecule has 0 spiro atoms. The molecule has 3 aromatic heterocycles. The van der Waals surface area contributed by atoms with Gasteiger partial charge in [0.1, 0.15) is 0 Å². The molecule has 0 bridgehead atoms. The lowest BCUT2D eigenvalue weighted by Crippen LogP contribution is -2.40. The Kier molecular flexibility index (Phi) is 6.04. The minimum absolute atomic E-state index is 0.0185. The third-order valence-corrected chi connectivity index (χ3v) is 7.42. The number of nitrogens with two attached hydrogens (primary N) is 1. The van der Waals surface area contributed by atoms with E-state index >= 15 is 0 Å². The minimum Gasteiger partial charge on any atom is -0.355 e. The zero-order valence-electron chi connectivity index (χ0n) is 21.6. The van der Waals surface area contributed by atoms with Gasteiger partial charge in [0, 0.05) is 46.9 Å². The van der Waals surface area contributed by atoms with Crippen molar-refractivity contribution in [2.75, 3.05) is 23.3 Å². The van der Waals surface area contributed by atoms with E-state index in [0.29, 0.717) is 11.9 Å². The third-order valence-electron chi connectivity index (χ3n) is 7.42. The fraction of sp³-hybridized carbons (Fsp3) is 0.345. The van der Waals surface area contributed by atoms with Crippen LogP contribution in [0.1, 0.15) is 56.7 Å². The Morgan fingerprint density at radius 3 is 2.51 bits per heavy atom. The fourth-order valence-electron chi connectivity index (χ4n) is 5.23. The zero-order chi connectivity index (χ0) is 25.5. The lowest BCUT2D eigenvalue weighted by molar-refractivity contribution is 0.495. The molecule has 0 saturated carbocycles. The predicted octanol–water partition coefficient (Wildman–Crippen LogP) is 5.50. The van der Waals surface area contributed by atoms with Gasteiger partial charge >= 0.3 is 0 Å². The monoisotopic (exact) mass is 494 g/mol. The van der Waals surface area contributed by atoms with Crippen LogP contribution in [0.5, 0.6) is 0 Å². The van der Waals surface area contributed by atoms with Crippen molar-refractivity contribution in [3.05, 3.63) is 71.9 Å². The van der Waals surface area contributed by atoms with Gasteiger partial charge in [0.25, 0.3) is 0 Å². The number of H-pyrrole nitrogens is 1. The van der Waals surface area contributed by atoms with Crippen molar-refractivity contribution in [1.29, 1.82) is 0 Å². The molecular weight excluding hydrogens is 460 g/mol. The molecule has 5 aromatic rings. The molecule has 8 heteroatoms. The number of hydrogen-bond acceptors (Lipinski definition) is 6. The maximum Gasteiger partial charge on any atom is 0.230 e. The summed E-state index contributed by atoms with van der Waals surface area (Å²) in [7, 11) is 0. The highest BCUT2D eigenvalue weighted by Gasteiger charge is 2.23. The first-order chi connectivity index (χ1) is 18.0. The van der Waals surface area contributed by atoms with Gasteiger partial charge in [-0.2, -0.15) is 19.6 Å². The average Bonchev–Trinajstić information content (AvgIpc) is 3.54. The van der Waals surface area contributed by atoms with E-state index in [9.17, 15) is 0 Å². The third kappa shape index (κ3) is 4.42. The van der Waals surface area contributed by atoms with Gasteiger partial charge in [0.05, 0.1) is 12.2 Å². The summed E-state index contributed by atoms with van der Waals surface area (Å²) in [5.41, 5.74) is 12.7. The van der Waals surface area contributed by atoms with Crippen LogP contribution in [-0.4, -0.2) is 43.7 Å². The average molecular weight is 495 g/mol. The van der Waals surface area contributed by atoms with Crippen LogP contribution in [0.4, 0.5) is 11.9 Å². The van der Waals surface area contributed by atoms with Crippen LogP contribution in [0.15, 0.2) is 60.8 Å². The zero-order valence-corrected chi connectivity index (χ0v) is 21.6. The molecule has 1 atom stereocenters. The molecule has 1 aliphatic rings. The van der Waals surface area contributed by atoms with E-state index in [2.05, 4.69) is 95.7 Å². The van der Waals surface area contributed by atoms with Crippen LogP contribution in [0.2, 0.25) is 0 Å². The first kappa shape index (κ1) is 23.5. The number of para-hydroxylation sites is 1. The molecular formula is C29H34N8. The summed E-state index contributed by atoms with van der Waals surface area (Å²) in [6, 6.07) is 19.3. The molecule has 1 aliphatic heterocycles. The number of aromatic amines is 1. The summed E-state index contributed by atoms with van der Waals surface area (Å²) >= 11 is 0. The Morgan fingerprint density at radius 1 is 0.973 bits per heavy atom. The molecule has 4 heterocycles. The molecule has 4 N–H and O–H groups in total. The second-order valence-electron chi connectivity index (χ2n) is 10.4. The van der Waals surface area contributed by atoms with Crippen LogP contribution in [0.3, 0.4) is 0 Å². The number of benzene rings is 2. The first-order valence-electron chi connectivity index (χ1n) is 13.2. The molecule has 0 amide bonds. The predicted molar refractivity (Wildman–Crippen MR) is 150 cm³/mol. The van der Waals surface area contributed by atoms with Gasteiger partial charge in [0.15, 0.2) is 5.65 Å². The number of rotatable bonds is 6. The molecule has 1 fully saturated rings. The number of nitrogens with zero attached hydrogens (tertiary/aromatic N) is 5. The summed E-state index contributed by atoms with van der Waals surface area (Å²) in [4.78, 5) is 15.8. The summed E-state index contributed by atoms with van der Waals surface area (Å²) in [5, 5.41) is 9.55. The minimum atomic E-state index is -0.0185. The number of hydrogen-bond donors (Lipinski definition) is 3. The van der Waals surface area contributed by atoms with Crippen molar-refractivity contribution >= 4 is 28.4 Å². The Labute approximate surface area is 216 Å². The van der Waals surface area contributed by atoms with Gasteiger partial charge in [-0.25, -0.2) is 0 Å². The highest BCUT2D eigenvalue weighted by atomic mass is 15.4. The number of fused-ring (bicyclic) bond motifs is 2. The number of nitrogens with one attached hydrogen (secondary N) is 2. The summed E-state index contributed by atoms with van der Waals surface area (Å²) in [6.07, 6.45) is 3.81. The van der Waals surface area contributed by atoms with Crippen molar-refractivity contribution in [3.8, 4) is 11.3 Å². The van der Waals surface area contributed by atoms with Crippen LogP contribution < -0.4 is 16.0 Å². The first-order valence-corrected chi connectivity index (χ1v) is 13.2. The molecule has 0 unspecified atom stereocenters. The molecule has 8 nitrogen and oxygen atoms in total. The van der Waals surface area contributed by atoms with Crippen molar-refractivity contribution in [3.63, 3.8) is 0 Å². The van der Waals surface area contributed by atoms with E-state index in [4.69, 9.17) is 15.7 Å². The standard InChI is InChI=1S/C29H34N8/c1-18(2)24-17-31-37-27(24)34-28(36-14-12-21(30)13-15-36)35-29(37)32-19(3)22-9-5-6-10-23(22)26-16-20-8-4-7-11-25(20)33-26/h4-11,16-19,21,33H,12-15,30H2,1-3H3,(H,32,34,35)/t19-/m0/s1. The normalized spacial score (nSPS) is 15.6. The van der Waals surface area contributed by atoms with E-state index < -0.39 is 0 Å². The summed E-state index contributed by atoms with van der Waals surface area (Å²) in [6.45, 7) is 8.24. The van der Waals surface area contributed by atoms with Gasteiger partial charge in [-0.15, -0.1) is 0 Å². The van der Waals surface area contributed by atoms with Crippen molar-refractivity contribution < 1.29 is 0 Å². The second-order valence-corrected chi connectivity index (χ2v) is 10.4. The van der Waals surface area contributed by atoms with Crippen LogP contribution >= 0.6 is 0 Å². The Bertz CT molecular complexity index is 1510. The number of anilines is 2. The largest absolute Gasteiger partial charge is 0.355 e. The number of aromatic nitrogens is 5. The molecule has 0 aliphatic carbocycles. The molecule has 37 heavy (non-hydrogen) atoms. The maximum atomic E-state index is 6.16. The molecule has 1 saturated heterocycles. The topological polar surface area (TPSA) is 100 Å². The maximum absolute atomic E-state index is 6.16. The van der Waals surface area contributed by atoms with Crippen LogP contribution in [0, 0.1) is 0 Å². The Balaban J connectivity index is 1.39. The lowest BCUT2D eigenvalue weighted by Gasteiger charge is -2.30. The number of piperidine rings is 1. The van der Waals surface area contributed by atoms with E-state index in [0.717, 1.165) is 59.9 Å². The van der Waals surface area contributed by atoms with Crippen molar-refractivity contribution in [2.45, 2.75) is 51.6 Å². The highest BCUT2D eigenvalue weighted by molar-refractivity contribution is 5.86. The second kappa shape index (κ2) is 9.52. The van der Waals surface area contributed by atoms with Gasteiger partial charge in [0.2, 0.25) is 11.9 Å². The van der Waals surface area contributed by atoms with Gasteiger partial charge in [-0.3, -0.25) is 0 Å². The Morgan fingerprint density at radius 2 is 1.73 bits per heavy atom. The van der Waals surface area contributed by atoms with Crippen molar-refractivity contribution in [1.82, 2.24) is 24.6 Å². The van der Waals surface area contributed by atoms with Crippen LogP contribution in [0.25, 0.3) is 27.8 Å². The molecule has 2 aromatic carbocycles. The fourth-order valence-corrected chi connectivity index (χ4v) is 5.23. The van der Waals surface area contributed by atoms with Gasteiger partial charge in [-0.1, -0.05) is 56.3 Å². The molecule has 190 valence electrons. The van der Waals surface area contributed by atoms with E-state index in [1.54, 1.807) is 0 Å². The quantitative estimate of drug-likeness (QED) is 0.288. The SMILES string of the molecule is CC(C)c1cnn2c(N[C@@H](C)c3ccccc3-c3cc4ccccc4[nH]3)nc(N3CCC(N)CC3)nc12. The Hall–Kier alpha value is -3.91. The van der Waals surface area contributed by atoms with E-state index in [1.165, 1.54) is 10.9 Å². The van der Waals surface area contributed by atoms with Gasteiger partial charge < -0.3 is 20.9 Å². The molecule has 6 rings (SSSR count). The van der Waals surface area contributed by atoms with Gasteiger partial charge in [-0.05, 0) is 43.4 Å². The molecule has 0 radical (unpaired) electrons. The van der Waals surface area contributed by atoms with Crippen molar-refractivity contribution in [2.24, 2.45) is 5.73 Å². The summed E-state index contributed by atoms with van der Waals surface area (Å²) < 4.78 is 1.84. The summed E-state index contributed by atoms with van der Waals surface area (Å²) in [5.74, 6) is 1.74. The lowest BCUT2D eigenvalue weighted by atomic mass is 9.99. The smallest absolute Gasteiger partial charge is 0.230 e. The van der Waals surface area contributed by atoms with E-state index in [-0.39, 0.29) is 12.1 Å².